The van der Waals surface area contributed by atoms with Crippen molar-refractivity contribution in [1.82, 2.24) is 20.2 Å². The highest BCUT2D eigenvalue weighted by atomic mass is 35.5. The van der Waals surface area contributed by atoms with Gasteiger partial charge < -0.3 is 5.32 Å². The van der Waals surface area contributed by atoms with Crippen LogP contribution in [0.2, 0.25) is 5.02 Å². The number of halogens is 1. The predicted molar refractivity (Wildman–Crippen MR) is 92.8 cm³/mol. The van der Waals surface area contributed by atoms with Crippen LogP contribution in [0, 0.1) is 11.3 Å². The van der Waals surface area contributed by atoms with Gasteiger partial charge in [0, 0.05) is 16.3 Å². The van der Waals surface area contributed by atoms with Crippen LogP contribution in [0.5, 0.6) is 0 Å². The summed E-state index contributed by atoms with van der Waals surface area (Å²) in [6.45, 7) is 1.66. The topological polar surface area (TPSA) is 96.5 Å². The summed E-state index contributed by atoms with van der Waals surface area (Å²) in [5, 5.41) is 24.4. The third kappa shape index (κ3) is 3.82. The van der Waals surface area contributed by atoms with Crippen molar-refractivity contribution in [2.75, 3.05) is 5.32 Å². The highest BCUT2D eigenvalue weighted by Crippen LogP contribution is 2.19. The fourth-order valence-corrected chi connectivity index (χ4v) is 2.34. The Morgan fingerprint density at radius 1 is 1.28 bits per heavy atom. The van der Waals surface area contributed by atoms with Crippen LogP contribution in [-0.4, -0.2) is 26.1 Å². The van der Waals surface area contributed by atoms with Crippen molar-refractivity contribution in [1.29, 1.82) is 5.26 Å². The van der Waals surface area contributed by atoms with E-state index in [1.807, 2.05) is 12.1 Å². The highest BCUT2D eigenvalue weighted by Gasteiger charge is 2.19. The maximum atomic E-state index is 12.4. The van der Waals surface area contributed by atoms with Gasteiger partial charge >= 0.3 is 0 Å². The van der Waals surface area contributed by atoms with Gasteiger partial charge in [-0.3, -0.25) is 4.79 Å². The molecule has 0 spiro atoms. The minimum absolute atomic E-state index is 0.315. The second-order valence-electron chi connectivity index (χ2n) is 5.30. The number of anilines is 1. The Morgan fingerprint density at radius 2 is 2.08 bits per heavy atom. The summed E-state index contributed by atoms with van der Waals surface area (Å²) in [5.41, 5.74) is 1.71. The van der Waals surface area contributed by atoms with Crippen molar-refractivity contribution in [3.63, 3.8) is 0 Å². The lowest BCUT2D eigenvalue weighted by molar-refractivity contribution is -0.119. The van der Waals surface area contributed by atoms with E-state index in [1.165, 1.54) is 4.80 Å². The minimum Gasteiger partial charge on any atom is -0.324 e. The van der Waals surface area contributed by atoms with Gasteiger partial charge in [-0.2, -0.15) is 10.1 Å². The molecule has 1 amide bonds. The van der Waals surface area contributed by atoms with E-state index in [0.29, 0.717) is 27.7 Å². The van der Waals surface area contributed by atoms with Gasteiger partial charge in [0.2, 0.25) is 5.82 Å². The number of aromatic nitrogens is 4. The van der Waals surface area contributed by atoms with Crippen LogP contribution in [0.4, 0.5) is 5.69 Å². The number of rotatable bonds is 4. The van der Waals surface area contributed by atoms with Crippen molar-refractivity contribution in [2.24, 2.45) is 0 Å². The molecular weight excluding hydrogens is 340 g/mol. The average Bonchev–Trinajstić information content (AvgIpc) is 3.11. The highest BCUT2D eigenvalue weighted by molar-refractivity contribution is 6.30. The lowest BCUT2D eigenvalue weighted by atomic mass is 10.2. The largest absolute Gasteiger partial charge is 0.324 e. The summed E-state index contributed by atoms with van der Waals surface area (Å²) in [4.78, 5) is 13.6. The zero-order chi connectivity index (χ0) is 17.8. The molecule has 1 atom stereocenters. The van der Waals surface area contributed by atoms with Gasteiger partial charge in [0.05, 0.1) is 11.6 Å². The normalized spacial score (nSPS) is 11.6. The predicted octanol–water partition coefficient (Wildman–Crippen LogP) is 3.06. The maximum Gasteiger partial charge on any atom is 0.250 e. The zero-order valence-corrected chi connectivity index (χ0v) is 14.0. The van der Waals surface area contributed by atoms with Gasteiger partial charge in [0.25, 0.3) is 5.91 Å². The summed E-state index contributed by atoms with van der Waals surface area (Å²) >= 11 is 5.96. The molecule has 0 bridgehead atoms. The van der Waals surface area contributed by atoms with Crippen molar-refractivity contribution >= 4 is 23.2 Å². The van der Waals surface area contributed by atoms with Crippen LogP contribution in [0.15, 0.2) is 48.5 Å². The van der Waals surface area contributed by atoms with Crippen molar-refractivity contribution in [2.45, 2.75) is 13.0 Å². The first-order chi connectivity index (χ1) is 12.1. The fraction of sp³-hybridized carbons (Fsp3) is 0.118. The third-order valence-corrected chi connectivity index (χ3v) is 3.73. The van der Waals surface area contributed by atoms with E-state index < -0.39 is 6.04 Å². The quantitative estimate of drug-likeness (QED) is 0.778. The number of hydrogen-bond donors (Lipinski definition) is 1. The average molecular weight is 353 g/mol. The fourth-order valence-electron chi connectivity index (χ4n) is 2.15. The van der Waals surface area contributed by atoms with Gasteiger partial charge in [-0.05, 0) is 42.5 Å². The Balaban J connectivity index is 1.75. The van der Waals surface area contributed by atoms with E-state index in [2.05, 4.69) is 20.7 Å². The van der Waals surface area contributed by atoms with Gasteiger partial charge in [0.15, 0.2) is 0 Å². The van der Waals surface area contributed by atoms with Gasteiger partial charge in [-0.15, -0.1) is 10.2 Å². The van der Waals surface area contributed by atoms with Gasteiger partial charge in [-0.25, -0.2) is 0 Å². The van der Waals surface area contributed by atoms with E-state index in [4.69, 9.17) is 16.9 Å². The molecule has 0 saturated carbocycles. The molecule has 3 aromatic rings. The van der Waals surface area contributed by atoms with Crippen LogP contribution in [0.1, 0.15) is 18.5 Å². The van der Waals surface area contributed by atoms with Gasteiger partial charge in [0.1, 0.15) is 6.04 Å². The summed E-state index contributed by atoms with van der Waals surface area (Å²) in [5.74, 6) is 0.0683. The molecule has 2 aromatic carbocycles. The molecule has 0 saturated heterocycles. The minimum atomic E-state index is -0.675. The number of benzene rings is 2. The first-order valence-electron chi connectivity index (χ1n) is 7.43. The second-order valence-corrected chi connectivity index (χ2v) is 5.74. The molecular formula is C17H13ClN6O. The van der Waals surface area contributed by atoms with Crippen molar-refractivity contribution in [3.8, 4) is 17.5 Å². The molecule has 0 aliphatic carbocycles. The Hall–Kier alpha value is -3.24. The smallest absolute Gasteiger partial charge is 0.250 e. The molecule has 0 unspecified atom stereocenters. The van der Waals surface area contributed by atoms with Crippen LogP contribution in [0.3, 0.4) is 0 Å². The summed E-state index contributed by atoms with van der Waals surface area (Å²) in [6, 6.07) is 15.1. The van der Waals surface area contributed by atoms with E-state index in [-0.39, 0.29) is 5.91 Å². The van der Waals surface area contributed by atoms with E-state index in [1.54, 1.807) is 49.4 Å². The molecule has 0 aliphatic rings. The number of nitriles is 1. The molecule has 1 heterocycles. The SMILES string of the molecule is C[C@@H](C(=O)Nc1cccc(C#N)c1)n1nnc(-c2cccc(Cl)c2)n1. The monoisotopic (exact) mass is 352 g/mol. The molecule has 1 aromatic heterocycles. The molecule has 7 nitrogen and oxygen atoms in total. The van der Waals surface area contributed by atoms with Gasteiger partial charge in [-0.1, -0.05) is 29.8 Å². The number of carbonyl (C=O) groups excluding carboxylic acids is 1. The van der Waals surface area contributed by atoms with E-state index >= 15 is 0 Å². The summed E-state index contributed by atoms with van der Waals surface area (Å²) in [7, 11) is 0. The lowest BCUT2D eigenvalue weighted by Crippen LogP contribution is -2.25. The maximum absolute atomic E-state index is 12.4. The number of amides is 1. The number of carbonyl (C=O) groups is 1. The number of nitrogens with one attached hydrogen (secondary N) is 1. The third-order valence-electron chi connectivity index (χ3n) is 3.50. The summed E-state index contributed by atoms with van der Waals surface area (Å²) in [6.07, 6.45) is 0. The molecule has 25 heavy (non-hydrogen) atoms. The Labute approximate surface area is 148 Å². The second kappa shape index (κ2) is 7.11. The molecule has 0 aliphatic heterocycles. The number of nitrogens with zero attached hydrogens (tertiary/aromatic N) is 5. The molecule has 0 fully saturated rings. The number of tetrazole rings is 1. The lowest BCUT2D eigenvalue weighted by Gasteiger charge is -2.10. The Bertz CT molecular complexity index is 962. The summed E-state index contributed by atoms with van der Waals surface area (Å²) < 4.78 is 0. The molecule has 8 heteroatoms. The van der Waals surface area contributed by atoms with Crippen LogP contribution >= 0.6 is 11.6 Å². The zero-order valence-electron chi connectivity index (χ0n) is 13.2. The van der Waals surface area contributed by atoms with Crippen molar-refractivity contribution in [3.05, 3.63) is 59.1 Å². The van der Waals surface area contributed by atoms with Crippen LogP contribution in [0.25, 0.3) is 11.4 Å². The molecule has 1 N–H and O–H groups in total. The van der Waals surface area contributed by atoms with Crippen molar-refractivity contribution < 1.29 is 4.79 Å². The molecule has 124 valence electrons. The Kier molecular flexibility index (Phi) is 4.73. The first kappa shape index (κ1) is 16.6. The van der Waals surface area contributed by atoms with E-state index in [0.717, 1.165) is 0 Å². The van der Waals surface area contributed by atoms with Crippen LogP contribution < -0.4 is 5.32 Å². The molecule has 3 rings (SSSR count). The molecule has 0 radical (unpaired) electrons. The standard InChI is InChI=1S/C17H13ClN6O/c1-11(17(25)20-15-7-2-4-12(8-15)10-19)24-22-16(21-23-24)13-5-3-6-14(18)9-13/h2-9,11H,1H3,(H,20,25)/t11-/m0/s1. The first-order valence-corrected chi connectivity index (χ1v) is 7.81. The Morgan fingerprint density at radius 3 is 2.84 bits per heavy atom. The number of hydrogen-bond acceptors (Lipinski definition) is 5. The van der Waals surface area contributed by atoms with E-state index in [9.17, 15) is 4.79 Å². The van der Waals surface area contributed by atoms with Crippen LogP contribution in [-0.2, 0) is 4.79 Å².